The second-order valence-electron chi connectivity index (χ2n) is 4.06. The second-order valence-corrected chi connectivity index (χ2v) is 4.06. The number of benzene rings is 1. The van der Waals surface area contributed by atoms with Crippen LogP contribution >= 0.6 is 0 Å². The molecule has 1 rings (SSSR count). The summed E-state index contributed by atoms with van der Waals surface area (Å²) in [5.74, 6) is -0.145. The topological polar surface area (TPSA) is 71.1 Å². The molecule has 0 aliphatic rings. The summed E-state index contributed by atoms with van der Waals surface area (Å²) >= 11 is 0. The quantitative estimate of drug-likeness (QED) is 0.717. The van der Waals surface area contributed by atoms with Gasteiger partial charge in [-0.1, -0.05) is 0 Å². The molecule has 0 amide bonds. The zero-order valence-corrected chi connectivity index (χ0v) is 12.7. The molecule has 1 aromatic carbocycles. The largest absolute Gasteiger partial charge is 0.497 e. The molecule has 6 nitrogen and oxygen atoms in total. The van der Waals surface area contributed by atoms with Gasteiger partial charge < -0.3 is 18.9 Å². The molecule has 116 valence electrons. The van der Waals surface area contributed by atoms with Crippen molar-refractivity contribution in [3.8, 4) is 11.5 Å². The summed E-state index contributed by atoms with van der Waals surface area (Å²) in [6, 6.07) is 3.13. The first-order chi connectivity index (χ1) is 10.1. The first-order valence-corrected chi connectivity index (χ1v) is 6.64. The number of esters is 2. The summed E-state index contributed by atoms with van der Waals surface area (Å²) in [7, 11) is 2.94. The molecule has 0 unspecified atom stereocenters. The molecule has 0 aromatic heterocycles. The minimum Gasteiger partial charge on any atom is -0.497 e. The monoisotopic (exact) mass is 296 g/mol. The molecule has 0 atom stereocenters. The van der Waals surface area contributed by atoms with Crippen molar-refractivity contribution in [1.82, 2.24) is 0 Å². The van der Waals surface area contributed by atoms with E-state index in [0.717, 1.165) is 0 Å². The molecule has 0 radical (unpaired) electrons. The van der Waals surface area contributed by atoms with Gasteiger partial charge in [0.1, 0.15) is 11.5 Å². The molecular weight excluding hydrogens is 276 g/mol. The molecule has 21 heavy (non-hydrogen) atoms. The van der Waals surface area contributed by atoms with Crippen molar-refractivity contribution in [2.75, 3.05) is 27.4 Å². The van der Waals surface area contributed by atoms with Crippen molar-refractivity contribution in [2.24, 2.45) is 0 Å². The zero-order valence-electron chi connectivity index (χ0n) is 12.7. The van der Waals surface area contributed by atoms with Gasteiger partial charge in [-0.3, -0.25) is 4.79 Å². The molecule has 6 heteroatoms. The number of carbonyl (C=O) groups is 2. The molecule has 0 aliphatic heterocycles. The van der Waals surface area contributed by atoms with E-state index in [1.165, 1.54) is 20.3 Å². The predicted octanol–water partition coefficient (Wildman–Crippen LogP) is 1.99. The normalized spacial score (nSPS) is 9.90. The molecule has 0 bridgehead atoms. The Morgan fingerprint density at radius 1 is 1.00 bits per heavy atom. The Morgan fingerprint density at radius 2 is 1.67 bits per heavy atom. The maximum Gasteiger partial charge on any atom is 0.338 e. The fraction of sp³-hybridized carbons (Fsp3) is 0.467. The number of methoxy groups -OCH3 is 2. The third-order valence-electron chi connectivity index (χ3n) is 2.76. The van der Waals surface area contributed by atoms with E-state index in [0.29, 0.717) is 17.1 Å². The Bertz CT molecular complexity index is 509. The van der Waals surface area contributed by atoms with E-state index in [-0.39, 0.29) is 25.2 Å². The first-order valence-electron chi connectivity index (χ1n) is 6.64. The highest BCUT2D eigenvalue weighted by molar-refractivity contribution is 5.94. The summed E-state index contributed by atoms with van der Waals surface area (Å²) in [6.45, 7) is 3.93. The van der Waals surface area contributed by atoms with E-state index in [1.54, 1.807) is 19.9 Å². The van der Waals surface area contributed by atoms with Crippen LogP contribution in [0.15, 0.2) is 12.1 Å². The molecule has 0 saturated carbocycles. The van der Waals surface area contributed by atoms with Crippen molar-refractivity contribution in [3.05, 3.63) is 23.3 Å². The molecule has 0 fully saturated rings. The number of carbonyl (C=O) groups excluding carboxylic acids is 2. The van der Waals surface area contributed by atoms with Crippen LogP contribution in [-0.4, -0.2) is 39.4 Å². The van der Waals surface area contributed by atoms with Crippen LogP contribution < -0.4 is 9.47 Å². The van der Waals surface area contributed by atoms with Crippen LogP contribution in [0.2, 0.25) is 0 Å². The van der Waals surface area contributed by atoms with Crippen LogP contribution in [0.1, 0.15) is 29.8 Å². The van der Waals surface area contributed by atoms with Crippen molar-refractivity contribution in [1.29, 1.82) is 0 Å². The fourth-order valence-corrected chi connectivity index (χ4v) is 1.85. The number of rotatable bonds is 7. The maximum absolute atomic E-state index is 12.1. The van der Waals surface area contributed by atoms with E-state index in [2.05, 4.69) is 0 Å². The number of hydrogen-bond donors (Lipinski definition) is 0. The van der Waals surface area contributed by atoms with Crippen molar-refractivity contribution < 1.29 is 28.5 Å². The van der Waals surface area contributed by atoms with E-state index < -0.39 is 11.9 Å². The molecule has 0 aliphatic carbocycles. The molecule has 0 N–H and O–H groups in total. The van der Waals surface area contributed by atoms with Crippen molar-refractivity contribution in [2.45, 2.75) is 20.3 Å². The van der Waals surface area contributed by atoms with Crippen LogP contribution in [0.25, 0.3) is 0 Å². The van der Waals surface area contributed by atoms with Crippen molar-refractivity contribution in [3.63, 3.8) is 0 Å². The first kappa shape index (κ1) is 16.8. The lowest BCUT2D eigenvalue weighted by atomic mass is 10.0. The number of hydrogen-bond acceptors (Lipinski definition) is 6. The number of ether oxygens (including phenoxy) is 4. The highest BCUT2D eigenvalue weighted by Crippen LogP contribution is 2.30. The Labute approximate surface area is 123 Å². The minimum atomic E-state index is -0.533. The van der Waals surface area contributed by atoms with Gasteiger partial charge in [0.15, 0.2) is 0 Å². The minimum absolute atomic E-state index is 0.0743. The standard InChI is InChI=1S/C15H20O6/c1-5-20-14(16)9-11-12(15(17)21-6-2)7-10(18-3)8-13(11)19-4/h7-8H,5-6,9H2,1-4H3. The highest BCUT2D eigenvalue weighted by atomic mass is 16.5. The van der Waals surface area contributed by atoms with Crippen LogP contribution in [0.3, 0.4) is 0 Å². The average Bonchev–Trinajstić information content (AvgIpc) is 2.47. The van der Waals surface area contributed by atoms with Gasteiger partial charge in [0, 0.05) is 11.6 Å². The van der Waals surface area contributed by atoms with E-state index in [1.807, 2.05) is 0 Å². The summed E-state index contributed by atoms with van der Waals surface area (Å²) in [5.41, 5.74) is 0.663. The Balaban J connectivity index is 3.27. The third kappa shape index (κ3) is 4.37. The highest BCUT2D eigenvalue weighted by Gasteiger charge is 2.21. The van der Waals surface area contributed by atoms with Gasteiger partial charge in [-0.15, -0.1) is 0 Å². The van der Waals surface area contributed by atoms with Crippen LogP contribution in [0.5, 0.6) is 11.5 Å². The SMILES string of the molecule is CCOC(=O)Cc1c(OC)cc(OC)cc1C(=O)OCC. The molecule has 1 aromatic rings. The second kappa shape index (κ2) is 8.14. The summed E-state index contributed by atoms with van der Waals surface area (Å²) < 4.78 is 20.3. The Morgan fingerprint density at radius 3 is 2.19 bits per heavy atom. The zero-order chi connectivity index (χ0) is 15.8. The van der Waals surface area contributed by atoms with Gasteiger partial charge in [0.25, 0.3) is 0 Å². The van der Waals surface area contributed by atoms with Crippen LogP contribution in [0, 0.1) is 0 Å². The van der Waals surface area contributed by atoms with Gasteiger partial charge in [-0.2, -0.15) is 0 Å². The molecule has 0 spiro atoms. The van der Waals surface area contributed by atoms with Gasteiger partial charge in [0.2, 0.25) is 0 Å². The van der Waals surface area contributed by atoms with Gasteiger partial charge in [-0.25, -0.2) is 4.79 Å². The summed E-state index contributed by atoms with van der Waals surface area (Å²) in [4.78, 5) is 23.8. The van der Waals surface area contributed by atoms with Crippen LogP contribution in [0.4, 0.5) is 0 Å². The van der Waals surface area contributed by atoms with Crippen LogP contribution in [-0.2, 0) is 20.7 Å². The van der Waals surface area contributed by atoms with E-state index >= 15 is 0 Å². The lowest BCUT2D eigenvalue weighted by Crippen LogP contribution is -2.15. The lowest BCUT2D eigenvalue weighted by molar-refractivity contribution is -0.142. The van der Waals surface area contributed by atoms with Crippen molar-refractivity contribution >= 4 is 11.9 Å². The molecule has 0 heterocycles. The van der Waals surface area contributed by atoms with E-state index in [9.17, 15) is 9.59 Å². The third-order valence-corrected chi connectivity index (χ3v) is 2.76. The molecular formula is C15H20O6. The Hall–Kier alpha value is -2.24. The smallest absolute Gasteiger partial charge is 0.338 e. The average molecular weight is 296 g/mol. The maximum atomic E-state index is 12.1. The Kier molecular flexibility index (Phi) is 6.52. The van der Waals surface area contributed by atoms with Gasteiger partial charge in [-0.05, 0) is 19.9 Å². The van der Waals surface area contributed by atoms with Gasteiger partial charge in [0.05, 0.1) is 39.4 Å². The summed E-state index contributed by atoms with van der Waals surface area (Å²) in [6.07, 6.45) is -0.0743. The van der Waals surface area contributed by atoms with Gasteiger partial charge >= 0.3 is 11.9 Å². The summed E-state index contributed by atoms with van der Waals surface area (Å²) in [5, 5.41) is 0. The van der Waals surface area contributed by atoms with E-state index in [4.69, 9.17) is 18.9 Å². The lowest BCUT2D eigenvalue weighted by Gasteiger charge is -2.14. The fourth-order valence-electron chi connectivity index (χ4n) is 1.85. The molecule has 0 saturated heterocycles. The predicted molar refractivity (Wildman–Crippen MR) is 75.8 cm³/mol.